The Labute approximate surface area is 200 Å². The van der Waals surface area contributed by atoms with Crippen molar-refractivity contribution in [3.63, 3.8) is 0 Å². The second-order valence-electron chi connectivity index (χ2n) is 8.29. The Morgan fingerprint density at radius 2 is 1.94 bits per heavy atom. The fourth-order valence-corrected chi connectivity index (χ4v) is 4.18. The van der Waals surface area contributed by atoms with Gasteiger partial charge in [0, 0.05) is 43.3 Å². The van der Waals surface area contributed by atoms with E-state index in [-0.39, 0.29) is 28.9 Å². The Balaban J connectivity index is 1.49. The van der Waals surface area contributed by atoms with E-state index in [9.17, 15) is 9.90 Å². The molecule has 176 valence electrons. The number of rotatable bonds is 6. The molecular weight excluding hydrogens is 458 g/mol. The molecular formula is C22H24ClN9O2. The van der Waals surface area contributed by atoms with Gasteiger partial charge in [-0.15, -0.1) is 5.10 Å². The molecule has 4 aromatic rings. The number of imidazole rings is 1. The number of aliphatic hydroxyl groups is 1. The lowest BCUT2D eigenvalue weighted by atomic mass is 9.93. The minimum absolute atomic E-state index is 0.177. The third-order valence-corrected chi connectivity index (χ3v) is 5.92. The van der Waals surface area contributed by atoms with Crippen molar-refractivity contribution in [3.8, 4) is 0 Å². The van der Waals surface area contributed by atoms with Gasteiger partial charge in [0.05, 0.1) is 18.0 Å². The standard InChI is InChI=1S/C22H24ClN9O2/c1-31-9-7-19(29-31)28-16-11-20(26-13-2-4-15(33)5-3-13)30-32-17(12-25-21(16)32)22(34)27-14-6-8-24-18(23)10-14/h6-13,15,33H,2-5H2,1H3,(H,26,30)(H,28,29)(H,24,27,34)/t13-,15-. The monoisotopic (exact) mass is 481 g/mol. The third-order valence-electron chi connectivity index (χ3n) is 5.71. The Morgan fingerprint density at radius 1 is 1.12 bits per heavy atom. The number of carbonyl (C=O) groups excluding carboxylic acids is 1. The quantitative estimate of drug-likeness (QED) is 0.308. The highest BCUT2D eigenvalue weighted by Crippen LogP contribution is 2.27. The molecule has 11 nitrogen and oxygen atoms in total. The molecule has 0 aliphatic heterocycles. The van der Waals surface area contributed by atoms with Gasteiger partial charge in [-0.3, -0.25) is 9.48 Å². The van der Waals surface area contributed by atoms with Crippen LogP contribution < -0.4 is 16.0 Å². The highest BCUT2D eigenvalue weighted by Gasteiger charge is 2.22. The van der Waals surface area contributed by atoms with Crippen LogP contribution in [0.2, 0.25) is 5.15 Å². The van der Waals surface area contributed by atoms with Gasteiger partial charge in [0.2, 0.25) is 0 Å². The summed E-state index contributed by atoms with van der Waals surface area (Å²) in [5, 5.41) is 28.6. The fourth-order valence-electron chi connectivity index (χ4n) is 4.01. The first kappa shape index (κ1) is 22.1. The van der Waals surface area contributed by atoms with Crippen LogP contribution in [0.25, 0.3) is 5.65 Å². The van der Waals surface area contributed by atoms with E-state index in [0.717, 1.165) is 25.7 Å². The average molecular weight is 482 g/mol. The van der Waals surface area contributed by atoms with Gasteiger partial charge >= 0.3 is 0 Å². The van der Waals surface area contributed by atoms with Crippen LogP contribution >= 0.6 is 11.6 Å². The molecule has 4 heterocycles. The van der Waals surface area contributed by atoms with Crippen LogP contribution in [0.5, 0.6) is 0 Å². The van der Waals surface area contributed by atoms with Crippen LogP contribution in [0.15, 0.2) is 42.9 Å². The van der Waals surface area contributed by atoms with Gasteiger partial charge in [-0.05, 0) is 37.8 Å². The minimum Gasteiger partial charge on any atom is -0.393 e. The number of aliphatic hydroxyl groups excluding tert-OH is 1. The van der Waals surface area contributed by atoms with Crippen LogP contribution in [-0.4, -0.2) is 52.5 Å². The maximum atomic E-state index is 13.1. The molecule has 34 heavy (non-hydrogen) atoms. The van der Waals surface area contributed by atoms with Gasteiger partial charge in [-0.1, -0.05) is 11.6 Å². The molecule has 4 aromatic heterocycles. The molecule has 12 heteroatoms. The Bertz CT molecular complexity index is 1330. The number of carbonyl (C=O) groups is 1. The predicted molar refractivity (Wildman–Crippen MR) is 129 cm³/mol. The van der Waals surface area contributed by atoms with E-state index in [1.165, 1.54) is 16.9 Å². The minimum atomic E-state index is -0.385. The van der Waals surface area contributed by atoms with Gasteiger partial charge in [-0.2, -0.15) is 5.10 Å². The molecule has 1 amide bonds. The lowest BCUT2D eigenvalue weighted by molar-refractivity contribution is 0.102. The molecule has 4 N–H and O–H groups in total. The first-order valence-electron chi connectivity index (χ1n) is 11.0. The van der Waals surface area contributed by atoms with Crippen molar-refractivity contribution < 1.29 is 9.90 Å². The molecule has 0 aromatic carbocycles. The van der Waals surface area contributed by atoms with Crippen molar-refractivity contribution in [2.24, 2.45) is 7.05 Å². The number of nitrogens with one attached hydrogen (secondary N) is 3. The number of amides is 1. The maximum Gasteiger partial charge on any atom is 0.276 e. The number of halogens is 1. The first-order chi connectivity index (χ1) is 16.4. The van der Waals surface area contributed by atoms with Gasteiger partial charge in [0.15, 0.2) is 17.2 Å². The van der Waals surface area contributed by atoms with Crippen LogP contribution in [0.3, 0.4) is 0 Å². The van der Waals surface area contributed by atoms with Crippen LogP contribution in [0.4, 0.5) is 23.0 Å². The van der Waals surface area contributed by atoms with E-state index in [1.54, 1.807) is 16.8 Å². The summed E-state index contributed by atoms with van der Waals surface area (Å²) in [5.41, 5.74) is 1.91. The third kappa shape index (κ3) is 4.80. The van der Waals surface area contributed by atoms with Gasteiger partial charge in [-0.25, -0.2) is 14.5 Å². The highest BCUT2D eigenvalue weighted by molar-refractivity contribution is 6.29. The van der Waals surface area contributed by atoms with E-state index in [1.807, 2.05) is 25.4 Å². The summed E-state index contributed by atoms with van der Waals surface area (Å²) >= 11 is 5.94. The Kier molecular flexibility index (Phi) is 6.03. The summed E-state index contributed by atoms with van der Waals surface area (Å²) < 4.78 is 3.20. The number of hydrogen-bond donors (Lipinski definition) is 4. The molecule has 0 bridgehead atoms. The molecule has 5 rings (SSSR count). The van der Waals surface area contributed by atoms with Gasteiger partial charge in [0.25, 0.3) is 5.91 Å². The number of pyridine rings is 1. The van der Waals surface area contributed by atoms with Crippen molar-refractivity contribution in [1.29, 1.82) is 0 Å². The number of nitrogens with zero attached hydrogens (tertiary/aromatic N) is 6. The highest BCUT2D eigenvalue weighted by atomic mass is 35.5. The fraction of sp³-hybridized carbons (Fsp3) is 0.318. The van der Waals surface area contributed by atoms with E-state index in [0.29, 0.717) is 28.7 Å². The maximum absolute atomic E-state index is 13.1. The topological polar surface area (TPSA) is 134 Å². The van der Waals surface area contributed by atoms with Crippen LogP contribution in [0, 0.1) is 0 Å². The average Bonchev–Trinajstić information content (AvgIpc) is 3.41. The van der Waals surface area contributed by atoms with Crippen molar-refractivity contribution in [2.45, 2.75) is 37.8 Å². The van der Waals surface area contributed by atoms with Gasteiger partial charge in [0.1, 0.15) is 11.0 Å². The van der Waals surface area contributed by atoms with E-state index < -0.39 is 0 Å². The van der Waals surface area contributed by atoms with E-state index >= 15 is 0 Å². The summed E-state index contributed by atoms with van der Waals surface area (Å²) in [6.45, 7) is 0. The molecule has 1 saturated carbocycles. The number of anilines is 4. The molecule has 0 atom stereocenters. The SMILES string of the molecule is Cn1ccc(Nc2cc(N[C@H]3CC[C@H](O)CC3)nn3c(C(=O)Nc4ccnc(Cl)c4)cnc23)n1. The summed E-state index contributed by atoms with van der Waals surface area (Å²) in [5.74, 6) is 0.845. The van der Waals surface area contributed by atoms with Crippen molar-refractivity contribution in [2.75, 3.05) is 16.0 Å². The van der Waals surface area contributed by atoms with Crippen molar-refractivity contribution >= 4 is 46.2 Å². The normalized spacial score (nSPS) is 18.1. The number of fused-ring (bicyclic) bond motifs is 1. The first-order valence-corrected chi connectivity index (χ1v) is 11.4. The van der Waals surface area contributed by atoms with Crippen molar-refractivity contribution in [1.82, 2.24) is 29.4 Å². The Hall–Kier alpha value is -3.70. The smallest absolute Gasteiger partial charge is 0.276 e. The molecule has 1 aliphatic carbocycles. The summed E-state index contributed by atoms with van der Waals surface area (Å²) in [7, 11) is 1.83. The Morgan fingerprint density at radius 3 is 2.68 bits per heavy atom. The van der Waals surface area contributed by atoms with Crippen LogP contribution in [0.1, 0.15) is 36.2 Å². The van der Waals surface area contributed by atoms with Crippen LogP contribution in [-0.2, 0) is 7.05 Å². The zero-order valence-electron chi connectivity index (χ0n) is 18.4. The second-order valence-corrected chi connectivity index (χ2v) is 8.68. The molecule has 0 radical (unpaired) electrons. The largest absolute Gasteiger partial charge is 0.393 e. The van der Waals surface area contributed by atoms with Gasteiger partial charge < -0.3 is 21.1 Å². The van der Waals surface area contributed by atoms with Crippen molar-refractivity contribution in [3.05, 3.63) is 53.7 Å². The number of aromatic nitrogens is 6. The number of hydrogen-bond acceptors (Lipinski definition) is 8. The zero-order chi connectivity index (χ0) is 23.7. The molecule has 0 spiro atoms. The molecule has 1 aliphatic rings. The lowest BCUT2D eigenvalue weighted by Gasteiger charge is -2.26. The van der Waals surface area contributed by atoms with E-state index in [2.05, 4.69) is 36.1 Å². The second kappa shape index (κ2) is 9.27. The summed E-state index contributed by atoms with van der Waals surface area (Å²) in [6, 6.07) is 7.09. The predicted octanol–water partition coefficient (Wildman–Crippen LogP) is 3.22. The summed E-state index contributed by atoms with van der Waals surface area (Å²) in [4.78, 5) is 21.4. The summed E-state index contributed by atoms with van der Waals surface area (Å²) in [6.07, 6.45) is 7.73. The molecule has 1 fully saturated rings. The van der Waals surface area contributed by atoms with E-state index in [4.69, 9.17) is 11.6 Å². The zero-order valence-corrected chi connectivity index (χ0v) is 19.2. The number of aryl methyl sites for hydroxylation is 1. The lowest BCUT2D eigenvalue weighted by Crippen LogP contribution is -2.29. The molecule has 0 saturated heterocycles. The molecule has 0 unspecified atom stereocenters.